The molecule has 0 aromatic heterocycles. The zero-order valence-corrected chi connectivity index (χ0v) is 13.8. The second-order valence-corrected chi connectivity index (χ2v) is 6.21. The minimum Gasteiger partial charge on any atom is -0.493 e. The van der Waals surface area contributed by atoms with Crippen LogP contribution in [-0.2, 0) is 0 Å². The quantitative estimate of drug-likeness (QED) is 0.855. The average molecular weight is 338 g/mol. The Labute approximate surface area is 146 Å². The Morgan fingerprint density at radius 3 is 2.60 bits per heavy atom. The second kappa shape index (κ2) is 7.80. The van der Waals surface area contributed by atoms with Crippen LogP contribution in [-0.4, -0.2) is 30.5 Å². The summed E-state index contributed by atoms with van der Waals surface area (Å²) in [7, 11) is 0. The number of carbonyl (C=O) groups excluding carboxylic acids is 1. The van der Waals surface area contributed by atoms with E-state index in [-0.39, 0.29) is 17.6 Å². The molecule has 0 bridgehead atoms. The first-order valence-corrected chi connectivity index (χ1v) is 8.33. The van der Waals surface area contributed by atoms with Crippen molar-refractivity contribution in [2.75, 3.05) is 19.7 Å². The standard InChI is InChI=1S/C20H19FN2O2/c21-18-7-9-19(10-8-18)25-14-16-2-1-11-23(13-16)20(24)17-5-3-15(12-22)4-6-17/h3-10,16H,1-2,11,13-14H2/t16-/m0/s1. The molecule has 1 aliphatic heterocycles. The van der Waals surface area contributed by atoms with E-state index in [0.717, 1.165) is 19.4 Å². The molecule has 0 radical (unpaired) electrons. The summed E-state index contributed by atoms with van der Waals surface area (Å²) in [5, 5.41) is 8.84. The van der Waals surface area contributed by atoms with Crippen LogP contribution in [0.3, 0.4) is 0 Å². The molecule has 0 unspecified atom stereocenters. The number of ether oxygens (including phenoxy) is 1. The summed E-state index contributed by atoms with van der Waals surface area (Å²) in [4.78, 5) is 14.5. The van der Waals surface area contributed by atoms with E-state index < -0.39 is 0 Å². The summed E-state index contributed by atoms with van der Waals surface area (Å²) < 4.78 is 18.6. The van der Waals surface area contributed by atoms with Gasteiger partial charge in [-0.05, 0) is 61.4 Å². The third kappa shape index (κ3) is 4.36. The fourth-order valence-electron chi connectivity index (χ4n) is 3.00. The number of piperidine rings is 1. The van der Waals surface area contributed by atoms with Gasteiger partial charge in [0.1, 0.15) is 11.6 Å². The molecule has 0 spiro atoms. The Morgan fingerprint density at radius 2 is 1.92 bits per heavy atom. The summed E-state index contributed by atoms with van der Waals surface area (Å²) in [6, 6.07) is 14.7. The Morgan fingerprint density at radius 1 is 1.20 bits per heavy atom. The second-order valence-electron chi connectivity index (χ2n) is 6.21. The van der Waals surface area contributed by atoms with Crippen LogP contribution >= 0.6 is 0 Å². The van der Waals surface area contributed by atoms with E-state index in [4.69, 9.17) is 10.00 Å². The number of rotatable bonds is 4. The lowest BCUT2D eigenvalue weighted by atomic mass is 9.98. The van der Waals surface area contributed by atoms with Gasteiger partial charge in [0.15, 0.2) is 0 Å². The maximum atomic E-state index is 12.9. The fourth-order valence-corrected chi connectivity index (χ4v) is 3.00. The minimum absolute atomic E-state index is 0.0176. The van der Waals surface area contributed by atoms with E-state index in [0.29, 0.717) is 30.0 Å². The topological polar surface area (TPSA) is 53.3 Å². The molecule has 0 N–H and O–H groups in total. The van der Waals surface area contributed by atoms with Crippen molar-refractivity contribution in [2.24, 2.45) is 5.92 Å². The van der Waals surface area contributed by atoms with E-state index in [1.807, 2.05) is 4.90 Å². The number of likely N-dealkylation sites (tertiary alicyclic amines) is 1. The Balaban J connectivity index is 1.57. The van der Waals surface area contributed by atoms with Gasteiger partial charge in [-0.3, -0.25) is 4.79 Å². The predicted octanol–water partition coefficient (Wildman–Crippen LogP) is 3.63. The van der Waals surface area contributed by atoms with Crippen LogP contribution in [0, 0.1) is 23.1 Å². The van der Waals surface area contributed by atoms with Gasteiger partial charge in [0, 0.05) is 24.6 Å². The molecule has 1 atom stereocenters. The summed E-state index contributed by atoms with van der Waals surface area (Å²) in [6.07, 6.45) is 1.93. The smallest absolute Gasteiger partial charge is 0.253 e. The summed E-state index contributed by atoms with van der Waals surface area (Å²) in [5.41, 5.74) is 1.14. The van der Waals surface area contributed by atoms with Gasteiger partial charge in [-0.25, -0.2) is 4.39 Å². The van der Waals surface area contributed by atoms with Crippen molar-refractivity contribution < 1.29 is 13.9 Å². The highest BCUT2D eigenvalue weighted by atomic mass is 19.1. The molecule has 128 valence electrons. The highest BCUT2D eigenvalue weighted by molar-refractivity contribution is 5.94. The van der Waals surface area contributed by atoms with E-state index in [2.05, 4.69) is 6.07 Å². The van der Waals surface area contributed by atoms with Crippen LogP contribution in [0.1, 0.15) is 28.8 Å². The number of amides is 1. The molecule has 1 saturated heterocycles. The lowest BCUT2D eigenvalue weighted by molar-refractivity contribution is 0.0633. The third-order valence-electron chi connectivity index (χ3n) is 4.37. The first-order valence-electron chi connectivity index (χ1n) is 8.33. The van der Waals surface area contributed by atoms with E-state index in [1.165, 1.54) is 12.1 Å². The van der Waals surface area contributed by atoms with Crippen LogP contribution in [0.5, 0.6) is 5.75 Å². The number of nitriles is 1. The lowest BCUT2D eigenvalue weighted by Gasteiger charge is -2.32. The fraction of sp³-hybridized carbons (Fsp3) is 0.300. The number of benzene rings is 2. The first-order chi connectivity index (χ1) is 12.2. The molecule has 1 fully saturated rings. The van der Waals surface area contributed by atoms with E-state index in [9.17, 15) is 9.18 Å². The third-order valence-corrected chi connectivity index (χ3v) is 4.37. The van der Waals surface area contributed by atoms with Crippen molar-refractivity contribution in [3.8, 4) is 11.8 Å². The van der Waals surface area contributed by atoms with Gasteiger partial charge >= 0.3 is 0 Å². The van der Waals surface area contributed by atoms with Gasteiger partial charge < -0.3 is 9.64 Å². The molecular formula is C20H19FN2O2. The number of carbonyl (C=O) groups is 1. The van der Waals surface area contributed by atoms with Crippen LogP contribution in [0.25, 0.3) is 0 Å². The highest BCUT2D eigenvalue weighted by Crippen LogP contribution is 2.21. The molecule has 3 rings (SSSR count). The summed E-state index contributed by atoms with van der Waals surface area (Å²) >= 11 is 0. The van der Waals surface area contributed by atoms with Crippen molar-refractivity contribution in [1.29, 1.82) is 5.26 Å². The van der Waals surface area contributed by atoms with Crippen LogP contribution < -0.4 is 4.74 Å². The zero-order valence-electron chi connectivity index (χ0n) is 13.8. The maximum absolute atomic E-state index is 12.9. The van der Waals surface area contributed by atoms with Gasteiger partial charge in [-0.15, -0.1) is 0 Å². The molecule has 0 aliphatic carbocycles. The Kier molecular flexibility index (Phi) is 5.30. The van der Waals surface area contributed by atoms with Gasteiger partial charge in [-0.2, -0.15) is 5.26 Å². The molecule has 1 aliphatic rings. The van der Waals surface area contributed by atoms with Crippen molar-refractivity contribution >= 4 is 5.91 Å². The number of nitrogens with zero attached hydrogens (tertiary/aromatic N) is 2. The summed E-state index contributed by atoms with van der Waals surface area (Å²) in [5.74, 6) is 0.582. The summed E-state index contributed by atoms with van der Waals surface area (Å²) in [6.45, 7) is 1.87. The Bertz CT molecular complexity index is 766. The van der Waals surface area contributed by atoms with Crippen molar-refractivity contribution in [1.82, 2.24) is 4.90 Å². The van der Waals surface area contributed by atoms with Crippen molar-refractivity contribution in [3.05, 3.63) is 65.5 Å². The SMILES string of the molecule is N#Cc1ccc(C(=O)N2CCC[C@H](COc3ccc(F)cc3)C2)cc1. The molecule has 1 heterocycles. The van der Waals surface area contributed by atoms with Crippen LogP contribution in [0.15, 0.2) is 48.5 Å². The monoisotopic (exact) mass is 338 g/mol. The first kappa shape index (κ1) is 17.0. The molecule has 2 aromatic rings. The molecule has 25 heavy (non-hydrogen) atoms. The van der Waals surface area contributed by atoms with E-state index in [1.54, 1.807) is 36.4 Å². The average Bonchev–Trinajstić information content (AvgIpc) is 2.67. The zero-order chi connectivity index (χ0) is 17.6. The number of halogens is 1. The van der Waals surface area contributed by atoms with Gasteiger partial charge in [0.05, 0.1) is 18.2 Å². The van der Waals surface area contributed by atoms with Gasteiger partial charge in [0.2, 0.25) is 0 Å². The van der Waals surface area contributed by atoms with Crippen molar-refractivity contribution in [3.63, 3.8) is 0 Å². The number of hydrogen-bond acceptors (Lipinski definition) is 3. The molecule has 2 aromatic carbocycles. The minimum atomic E-state index is -0.288. The normalized spacial score (nSPS) is 17.0. The molecule has 4 nitrogen and oxygen atoms in total. The van der Waals surface area contributed by atoms with Gasteiger partial charge in [0.25, 0.3) is 5.91 Å². The predicted molar refractivity (Wildman–Crippen MR) is 91.7 cm³/mol. The molecule has 1 amide bonds. The Hall–Kier alpha value is -2.87. The number of hydrogen-bond donors (Lipinski definition) is 0. The van der Waals surface area contributed by atoms with Crippen molar-refractivity contribution in [2.45, 2.75) is 12.8 Å². The molecule has 5 heteroatoms. The maximum Gasteiger partial charge on any atom is 0.253 e. The largest absolute Gasteiger partial charge is 0.493 e. The van der Waals surface area contributed by atoms with Crippen LogP contribution in [0.2, 0.25) is 0 Å². The molecular weight excluding hydrogens is 319 g/mol. The van der Waals surface area contributed by atoms with Crippen LogP contribution in [0.4, 0.5) is 4.39 Å². The van der Waals surface area contributed by atoms with E-state index >= 15 is 0 Å². The lowest BCUT2D eigenvalue weighted by Crippen LogP contribution is -2.41. The molecule has 0 saturated carbocycles. The highest BCUT2D eigenvalue weighted by Gasteiger charge is 2.25. The van der Waals surface area contributed by atoms with Gasteiger partial charge in [-0.1, -0.05) is 0 Å².